The zero-order valence-corrected chi connectivity index (χ0v) is 14.1. The molecule has 0 fully saturated rings. The average molecular weight is 283 g/mol. The Bertz CT molecular complexity index is 376. The van der Waals surface area contributed by atoms with Gasteiger partial charge < -0.3 is 10.1 Å². The van der Waals surface area contributed by atoms with Crippen LogP contribution in [0.3, 0.4) is 0 Å². The van der Waals surface area contributed by atoms with E-state index in [1.165, 1.54) is 9.75 Å². The van der Waals surface area contributed by atoms with Gasteiger partial charge in [0.15, 0.2) is 0 Å². The fraction of sp³-hybridized carbons (Fsp3) is 0.750. The highest BCUT2D eigenvalue weighted by molar-refractivity contribution is 7.12. The Morgan fingerprint density at radius 2 is 1.68 bits per heavy atom. The summed E-state index contributed by atoms with van der Waals surface area (Å²) in [4.78, 5) is 2.97. The number of hydrogen-bond acceptors (Lipinski definition) is 3. The van der Waals surface area contributed by atoms with Gasteiger partial charge in [-0.15, -0.1) is 11.3 Å². The SMILES string of the molecule is COCCNCCC(C)(C)c1ccc(C(C)(C)C)s1. The zero-order chi connectivity index (χ0) is 14.5. The van der Waals surface area contributed by atoms with Crippen molar-refractivity contribution in [2.75, 3.05) is 26.8 Å². The lowest BCUT2D eigenvalue weighted by molar-refractivity contribution is 0.198. The molecule has 0 saturated heterocycles. The maximum atomic E-state index is 5.04. The molecule has 0 bridgehead atoms. The first-order valence-electron chi connectivity index (χ1n) is 7.08. The lowest BCUT2D eigenvalue weighted by Gasteiger charge is -2.24. The van der Waals surface area contributed by atoms with Gasteiger partial charge >= 0.3 is 0 Å². The molecule has 0 amide bonds. The number of thiophene rings is 1. The first-order valence-corrected chi connectivity index (χ1v) is 7.89. The molecule has 1 heterocycles. The van der Waals surface area contributed by atoms with Crippen LogP contribution >= 0.6 is 11.3 Å². The summed E-state index contributed by atoms with van der Waals surface area (Å²) in [6.45, 7) is 14.3. The van der Waals surface area contributed by atoms with Crippen molar-refractivity contribution in [2.24, 2.45) is 0 Å². The summed E-state index contributed by atoms with van der Waals surface area (Å²) in [7, 11) is 1.74. The van der Waals surface area contributed by atoms with Crippen LogP contribution in [0.5, 0.6) is 0 Å². The van der Waals surface area contributed by atoms with Crippen molar-refractivity contribution in [1.29, 1.82) is 0 Å². The third-order valence-electron chi connectivity index (χ3n) is 3.42. The Hall–Kier alpha value is -0.380. The number of hydrogen-bond donors (Lipinski definition) is 1. The minimum atomic E-state index is 0.244. The van der Waals surface area contributed by atoms with Gasteiger partial charge in [-0.1, -0.05) is 34.6 Å². The largest absolute Gasteiger partial charge is 0.383 e. The van der Waals surface area contributed by atoms with E-state index < -0.39 is 0 Å². The van der Waals surface area contributed by atoms with Gasteiger partial charge in [-0.3, -0.25) is 0 Å². The molecule has 0 aliphatic rings. The Morgan fingerprint density at radius 3 is 2.21 bits per heavy atom. The van der Waals surface area contributed by atoms with E-state index in [2.05, 4.69) is 52.1 Å². The second-order valence-corrected chi connectivity index (χ2v) is 7.87. The van der Waals surface area contributed by atoms with Crippen LogP contribution in [-0.4, -0.2) is 26.8 Å². The molecule has 3 heteroatoms. The topological polar surface area (TPSA) is 21.3 Å². The Balaban J connectivity index is 2.54. The van der Waals surface area contributed by atoms with Crippen molar-refractivity contribution >= 4 is 11.3 Å². The molecule has 1 N–H and O–H groups in total. The molecule has 0 saturated carbocycles. The summed E-state index contributed by atoms with van der Waals surface area (Å²) in [5.41, 5.74) is 0.504. The predicted molar refractivity (Wildman–Crippen MR) is 85.4 cm³/mol. The Morgan fingerprint density at radius 1 is 1.05 bits per heavy atom. The van der Waals surface area contributed by atoms with Crippen molar-refractivity contribution in [3.8, 4) is 0 Å². The van der Waals surface area contributed by atoms with Gasteiger partial charge in [-0.2, -0.15) is 0 Å². The number of rotatable bonds is 7. The zero-order valence-electron chi connectivity index (χ0n) is 13.3. The van der Waals surface area contributed by atoms with E-state index in [4.69, 9.17) is 4.74 Å². The Kier molecular flexibility index (Phi) is 6.03. The summed E-state index contributed by atoms with van der Waals surface area (Å²) < 4.78 is 5.04. The lowest BCUT2D eigenvalue weighted by Crippen LogP contribution is -2.27. The van der Waals surface area contributed by atoms with Crippen molar-refractivity contribution in [2.45, 2.75) is 51.9 Å². The van der Waals surface area contributed by atoms with Crippen molar-refractivity contribution in [3.63, 3.8) is 0 Å². The molecule has 1 aromatic heterocycles. The van der Waals surface area contributed by atoms with E-state index in [1.807, 2.05) is 11.3 Å². The van der Waals surface area contributed by atoms with Gasteiger partial charge in [-0.05, 0) is 30.5 Å². The second-order valence-electron chi connectivity index (χ2n) is 6.79. The fourth-order valence-electron chi connectivity index (χ4n) is 1.93. The maximum absolute atomic E-state index is 5.04. The summed E-state index contributed by atoms with van der Waals surface area (Å²) in [6, 6.07) is 4.60. The number of nitrogens with one attached hydrogen (secondary N) is 1. The third-order valence-corrected chi connectivity index (χ3v) is 5.30. The Labute approximate surface area is 122 Å². The molecule has 0 aliphatic heterocycles. The molecule has 110 valence electrons. The van der Waals surface area contributed by atoms with Crippen LogP contribution in [0.2, 0.25) is 0 Å². The number of methoxy groups -OCH3 is 1. The smallest absolute Gasteiger partial charge is 0.0587 e. The van der Waals surface area contributed by atoms with Crippen molar-refractivity contribution in [3.05, 3.63) is 21.9 Å². The molecule has 0 aromatic carbocycles. The highest BCUT2D eigenvalue weighted by Crippen LogP contribution is 2.37. The molecule has 0 radical (unpaired) electrons. The van der Waals surface area contributed by atoms with Gasteiger partial charge in [-0.25, -0.2) is 0 Å². The first kappa shape index (κ1) is 16.7. The minimum Gasteiger partial charge on any atom is -0.383 e. The van der Waals surface area contributed by atoms with Gasteiger partial charge in [0.2, 0.25) is 0 Å². The summed E-state index contributed by atoms with van der Waals surface area (Å²) >= 11 is 1.96. The number of ether oxygens (including phenoxy) is 1. The predicted octanol–water partition coefficient (Wildman–Crippen LogP) is 3.95. The molecule has 2 nitrogen and oxygen atoms in total. The molecule has 0 spiro atoms. The van der Waals surface area contributed by atoms with E-state index in [0.29, 0.717) is 0 Å². The van der Waals surface area contributed by atoms with Crippen molar-refractivity contribution < 1.29 is 4.74 Å². The van der Waals surface area contributed by atoms with Gasteiger partial charge in [0.05, 0.1) is 6.61 Å². The average Bonchev–Trinajstić information content (AvgIpc) is 2.78. The van der Waals surface area contributed by atoms with E-state index in [9.17, 15) is 0 Å². The quantitative estimate of drug-likeness (QED) is 0.765. The van der Waals surface area contributed by atoms with Crippen LogP contribution in [0, 0.1) is 0 Å². The maximum Gasteiger partial charge on any atom is 0.0587 e. The molecule has 1 aromatic rings. The monoisotopic (exact) mass is 283 g/mol. The van der Waals surface area contributed by atoms with Gasteiger partial charge in [0, 0.05) is 28.8 Å². The highest BCUT2D eigenvalue weighted by Gasteiger charge is 2.24. The van der Waals surface area contributed by atoms with Crippen LogP contribution in [0.1, 0.15) is 50.8 Å². The van der Waals surface area contributed by atoms with Crippen LogP contribution in [-0.2, 0) is 15.6 Å². The molecule has 0 unspecified atom stereocenters. The highest BCUT2D eigenvalue weighted by atomic mass is 32.1. The third kappa shape index (κ3) is 5.25. The normalized spacial score (nSPS) is 12.9. The minimum absolute atomic E-state index is 0.244. The van der Waals surface area contributed by atoms with Crippen LogP contribution in [0.15, 0.2) is 12.1 Å². The standard InChI is InChI=1S/C16H29NOS/c1-15(2,3)13-7-8-14(19-13)16(4,5)9-10-17-11-12-18-6/h7-8,17H,9-12H2,1-6H3. The first-order chi connectivity index (χ1) is 8.77. The van der Waals surface area contributed by atoms with Gasteiger partial charge in [0.1, 0.15) is 0 Å². The molecular formula is C16H29NOS. The summed E-state index contributed by atoms with van der Waals surface area (Å²) in [5, 5.41) is 3.43. The van der Waals surface area contributed by atoms with Crippen LogP contribution < -0.4 is 5.32 Å². The van der Waals surface area contributed by atoms with E-state index in [1.54, 1.807) is 7.11 Å². The molecule has 19 heavy (non-hydrogen) atoms. The molecule has 1 rings (SSSR count). The second kappa shape index (κ2) is 6.87. The lowest BCUT2D eigenvalue weighted by atomic mass is 9.87. The van der Waals surface area contributed by atoms with E-state index in [-0.39, 0.29) is 10.8 Å². The molecule has 0 atom stereocenters. The summed E-state index contributed by atoms with van der Waals surface area (Å²) in [5.74, 6) is 0. The van der Waals surface area contributed by atoms with Crippen LogP contribution in [0.4, 0.5) is 0 Å². The van der Waals surface area contributed by atoms with E-state index in [0.717, 1.165) is 26.1 Å². The summed E-state index contributed by atoms with van der Waals surface area (Å²) in [6.07, 6.45) is 1.15. The van der Waals surface area contributed by atoms with Crippen LogP contribution in [0.25, 0.3) is 0 Å². The molecular weight excluding hydrogens is 254 g/mol. The fourth-order valence-corrected chi connectivity index (χ4v) is 3.12. The van der Waals surface area contributed by atoms with E-state index >= 15 is 0 Å². The van der Waals surface area contributed by atoms with Gasteiger partial charge in [0.25, 0.3) is 0 Å². The molecule has 0 aliphatic carbocycles. The van der Waals surface area contributed by atoms with Crippen molar-refractivity contribution in [1.82, 2.24) is 5.32 Å².